The maximum atomic E-state index is 13.2. The summed E-state index contributed by atoms with van der Waals surface area (Å²) >= 11 is 7.23. The molecule has 1 fully saturated rings. The van der Waals surface area contributed by atoms with Crippen LogP contribution in [-0.4, -0.2) is 54.7 Å². The molecule has 10 heteroatoms. The Kier molecular flexibility index (Phi) is 9.29. The number of alkyl halides is 1. The summed E-state index contributed by atoms with van der Waals surface area (Å²) in [6.45, 7) is 4.13. The molecule has 1 N–H and O–H groups in total. The van der Waals surface area contributed by atoms with Gasteiger partial charge in [-0.05, 0) is 50.1 Å². The molecule has 1 aromatic heterocycles. The molecular weight excluding hydrogens is 480 g/mol. The zero-order valence-corrected chi connectivity index (χ0v) is 21.0. The molecule has 1 aliphatic rings. The number of nitriles is 1. The van der Waals surface area contributed by atoms with E-state index in [0.29, 0.717) is 29.6 Å². The van der Waals surface area contributed by atoms with Gasteiger partial charge in [-0.1, -0.05) is 43.1 Å². The fourth-order valence-electron chi connectivity index (χ4n) is 3.73. The van der Waals surface area contributed by atoms with Gasteiger partial charge in [0.25, 0.3) is 15.9 Å². The number of sulfonamides is 1. The topological polar surface area (TPSA) is 93.5 Å². The number of amides is 1. The van der Waals surface area contributed by atoms with Crippen LogP contribution in [0, 0.1) is 11.3 Å². The van der Waals surface area contributed by atoms with Crippen molar-refractivity contribution in [2.75, 3.05) is 19.6 Å². The highest BCUT2D eigenvalue weighted by Crippen LogP contribution is 2.29. The summed E-state index contributed by atoms with van der Waals surface area (Å²) < 4.78 is 28.1. The average Bonchev–Trinajstić information content (AvgIpc) is 3.32. The van der Waals surface area contributed by atoms with Crippen LogP contribution < -0.4 is 5.32 Å². The Bertz CT molecular complexity index is 1060. The number of thiophene rings is 1. The summed E-state index contributed by atoms with van der Waals surface area (Å²) in [6, 6.07) is 14.1. The average molecular weight is 509 g/mol. The number of piperidine rings is 1. The normalized spacial score (nSPS) is 16.3. The lowest BCUT2D eigenvalue weighted by Gasteiger charge is -2.31. The molecule has 1 amide bonds. The Balaban J connectivity index is 1.67. The van der Waals surface area contributed by atoms with E-state index in [9.17, 15) is 18.5 Å². The molecule has 0 saturated carbocycles. The highest BCUT2D eigenvalue weighted by Gasteiger charge is 2.31. The van der Waals surface area contributed by atoms with Crippen molar-refractivity contribution in [3.8, 4) is 6.07 Å². The van der Waals surface area contributed by atoms with Gasteiger partial charge >= 0.3 is 0 Å². The van der Waals surface area contributed by atoms with Crippen LogP contribution in [0.4, 0.5) is 0 Å². The second kappa shape index (κ2) is 12.0. The van der Waals surface area contributed by atoms with Gasteiger partial charge in [0.05, 0.1) is 6.54 Å². The molecule has 0 bridgehead atoms. The molecule has 0 radical (unpaired) electrons. The second-order valence-electron chi connectivity index (χ2n) is 7.97. The van der Waals surface area contributed by atoms with Crippen molar-refractivity contribution in [2.24, 2.45) is 0 Å². The largest absolute Gasteiger partial charge is 0.314 e. The van der Waals surface area contributed by atoms with E-state index >= 15 is 0 Å². The zero-order valence-electron chi connectivity index (χ0n) is 18.6. The Morgan fingerprint density at radius 3 is 2.61 bits per heavy atom. The van der Waals surface area contributed by atoms with Crippen LogP contribution in [0.5, 0.6) is 0 Å². The molecule has 2 aromatic rings. The molecule has 1 aliphatic heterocycles. The summed E-state index contributed by atoms with van der Waals surface area (Å²) in [5.41, 5.74) is -0.752. The number of carbonyl (C=O) groups excluding carboxylic acids is 1. The first-order valence-electron chi connectivity index (χ1n) is 11.1. The van der Waals surface area contributed by atoms with Gasteiger partial charge in [0.2, 0.25) is 0 Å². The number of halogens is 1. The van der Waals surface area contributed by atoms with Crippen LogP contribution in [0.25, 0.3) is 0 Å². The minimum atomic E-state index is -3.60. The van der Waals surface area contributed by atoms with Crippen molar-refractivity contribution in [1.82, 2.24) is 14.5 Å². The Morgan fingerprint density at radius 2 is 1.97 bits per heavy atom. The van der Waals surface area contributed by atoms with Crippen LogP contribution in [0.2, 0.25) is 0 Å². The number of nitrogens with zero attached hydrogens (tertiary/aromatic N) is 3. The third-order valence-electron chi connectivity index (χ3n) is 5.64. The number of hydrogen-bond acceptors (Lipinski definition) is 6. The summed E-state index contributed by atoms with van der Waals surface area (Å²) in [5.74, 6) is -0.382. The molecular formula is C23H29ClN4O3S2. The van der Waals surface area contributed by atoms with Gasteiger partial charge in [0, 0.05) is 29.6 Å². The standard InChI is InChI=1S/C23H29ClN4O3S2/c1-2-3-13-26-19-11-14-27(15-12-19)33(30,31)22-10-9-20(32-22)17-28(21(24)16-25)23(29)18-7-5-4-6-8-18/h4-10,19,21,26H,2-3,11-15,17H2,1H3. The molecule has 33 heavy (non-hydrogen) atoms. The summed E-state index contributed by atoms with van der Waals surface area (Å²) in [4.78, 5) is 14.8. The fourth-order valence-corrected chi connectivity index (χ4v) is 6.87. The first-order chi connectivity index (χ1) is 15.9. The molecule has 3 rings (SSSR count). The molecule has 2 heterocycles. The van der Waals surface area contributed by atoms with Gasteiger partial charge in [-0.25, -0.2) is 8.42 Å². The summed E-state index contributed by atoms with van der Waals surface area (Å²) in [5, 5.41) is 12.8. The summed E-state index contributed by atoms with van der Waals surface area (Å²) in [6.07, 6.45) is 3.83. The van der Waals surface area contributed by atoms with Crippen LogP contribution in [0.3, 0.4) is 0 Å². The first kappa shape index (κ1) is 25.7. The van der Waals surface area contributed by atoms with Crippen LogP contribution >= 0.6 is 22.9 Å². The van der Waals surface area contributed by atoms with Gasteiger partial charge in [-0.3, -0.25) is 4.79 Å². The maximum absolute atomic E-state index is 13.2. The van der Waals surface area contributed by atoms with Crippen molar-refractivity contribution in [2.45, 2.75) is 54.9 Å². The van der Waals surface area contributed by atoms with E-state index in [1.165, 1.54) is 9.21 Å². The number of benzene rings is 1. The Morgan fingerprint density at radius 1 is 1.27 bits per heavy atom. The number of nitrogens with one attached hydrogen (secondary N) is 1. The van der Waals surface area contributed by atoms with E-state index in [1.807, 2.05) is 6.07 Å². The third-order valence-corrected chi connectivity index (χ3v) is 9.41. The predicted octanol–water partition coefficient (Wildman–Crippen LogP) is 4.02. The van der Waals surface area contributed by atoms with E-state index in [4.69, 9.17) is 11.6 Å². The fraction of sp³-hybridized carbons (Fsp3) is 0.478. The lowest BCUT2D eigenvalue weighted by molar-refractivity contribution is 0.0747. The third kappa shape index (κ3) is 6.55. The van der Waals surface area contributed by atoms with E-state index in [1.54, 1.807) is 42.5 Å². The second-order valence-corrected chi connectivity index (χ2v) is 11.7. The molecule has 1 unspecified atom stereocenters. The predicted molar refractivity (Wildman–Crippen MR) is 131 cm³/mol. The minimum absolute atomic E-state index is 0.0546. The number of rotatable bonds is 10. The van der Waals surface area contributed by atoms with Gasteiger partial charge < -0.3 is 10.2 Å². The molecule has 178 valence electrons. The molecule has 0 spiro atoms. The van der Waals surface area contributed by atoms with Crippen molar-refractivity contribution < 1.29 is 13.2 Å². The molecule has 0 aliphatic carbocycles. The van der Waals surface area contributed by atoms with Gasteiger partial charge in [-0.2, -0.15) is 9.57 Å². The molecule has 1 atom stereocenters. The molecule has 1 saturated heterocycles. The van der Waals surface area contributed by atoms with E-state index in [2.05, 4.69) is 12.2 Å². The van der Waals surface area contributed by atoms with E-state index < -0.39 is 15.5 Å². The van der Waals surface area contributed by atoms with Crippen molar-refractivity contribution in [3.05, 3.63) is 52.9 Å². The maximum Gasteiger partial charge on any atom is 0.256 e. The SMILES string of the molecule is CCCCNC1CCN(S(=O)(=O)c2ccc(CN(C(=O)c3ccccc3)C(Cl)C#N)s2)CC1. The smallest absolute Gasteiger partial charge is 0.256 e. The number of unbranched alkanes of at least 4 members (excludes halogenated alkanes) is 1. The van der Waals surface area contributed by atoms with Gasteiger partial charge in [0.15, 0.2) is 5.50 Å². The van der Waals surface area contributed by atoms with Crippen LogP contribution in [0.15, 0.2) is 46.7 Å². The Labute approximate surface area is 205 Å². The van der Waals surface area contributed by atoms with Crippen LogP contribution in [-0.2, 0) is 16.6 Å². The van der Waals surface area contributed by atoms with E-state index in [0.717, 1.165) is 43.6 Å². The lowest BCUT2D eigenvalue weighted by Crippen LogP contribution is -2.44. The molecule has 1 aromatic carbocycles. The molecule has 7 nitrogen and oxygen atoms in total. The number of carbonyl (C=O) groups is 1. The lowest BCUT2D eigenvalue weighted by atomic mass is 10.1. The zero-order chi connectivity index (χ0) is 23.8. The van der Waals surface area contributed by atoms with Gasteiger partial charge in [-0.15, -0.1) is 11.3 Å². The summed E-state index contributed by atoms with van der Waals surface area (Å²) in [7, 11) is -3.60. The van der Waals surface area contributed by atoms with Crippen LogP contribution in [0.1, 0.15) is 47.8 Å². The minimum Gasteiger partial charge on any atom is -0.314 e. The monoisotopic (exact) mass is 508 g/mol. The quantitative estimate of drug-likeness (QED) is 0.297. The Hall–Kier alpha value is -1.96. The first-order valence-corrected chi connectivity index (χ1v) is 13.8. The highest BCUT2D eigenvalue weighted by molar-refractivity contribution is 7.91. The van der Waals surface area contributed by atoms with Crippen molar-refractivity contribution >= 4 is 38.9 Å². The van der Waals surface area contributed by atoms with E-state index in [-0.39, 0.29) is 16.7 Å². The van der Waals surface area contributed by atoms with Crippen molar-refractivity contribution in [1.29, 1.82) is 5.26 Å². The highest BCUT2D eigenvalue weighted by atomic mass is 35.5. The van der Waals surface area contributed by atoms with Crippen molar-refractivity contribution in [3.63, 3.8) is 0 Å². The number of hydrogen-bond donors (Lipinski definition) is 1. The van der Waals surface area contributed by atoms with Gasteiger partial charge in [0.1, 0.15) is 10.3 Å².